The summed E-state index contributed by atoms with van der Waals surface area (Å²) < 4.78 is 37.3. The molecule has 0 fully saturated rings. The molecule has 0 atom stereocenters. The molecular formula is C17H16F3N. The van der Waals surface area contributed by atoms with Gasteiger partial charge in [-0.25, -0.2) is 0 Å². The van der Waals surface area contributed by atoms with E-state index >= 15 is 0 Å². The van der Waals surface area contributed by atoms with Crippen LogP contribution in [0.2, 0.25) is 0 Å². The summed E-state index contributed by atoms with van der Waals surface area (Å²) in [5, 5.41) is 0. The van der Waals surface area contributed by atoms with Crippen molar-refractivity contribution < 1.29 is 13.2 Å². The lowest BCUT2D eigenvalue weighted by atomic mass is 10.0. The van der Waals surface area contributed by atoms with Crippen LogP contribution in [-0.4, -0.2) is 6.21 Å². The lowest BCUT2D eigenvalue weighted by Crippen LogP contribution is -2.04. The molecule has 110 valence electrons. The second kappa shape index (κ2) is 6.12. The molecular weight excluding hydrogens is 275 g/mol. The van der Waals surface area contributed by atoms with Gasteiger partial charge in [-0.1, -0.05) is 38.1 Å². The van der Waals surface area contributed by atoms with Gasteiger partial charge in [-0.3, -0.25) is 4.99 Å². The van der Waals surface area contributed by atoms with Crippen molar-refractivity contribution in [3.05, 3.63) is 65.2 Å². The molecule has 2 aromatic carbocycles. The van der Waals surface area contributed by atoms with E-state index in [2.05, 4.69) is 18.8 Å². The summed E-state index contributed by atoms with van der Waals surface area (Å²) >= 11 is 0. The molecule has 2 rings (SSSR count). The Morgan fingerprint density at radius 3 is 1.95 bits per heavy atom. The zero-order chi connectivity index (χ0) is 15.5. The Hall–Kier alpha value is -2.10. The predicted octanol–water partition coefficient (Wildman–Crippen LogP) is 5.58. The van der Waals surface area contributed by atoms with Gasteiger partial charge in [-0.05, 0) is 41.3 Å². The fourth-order valence-corrected chi connectivity index (χ4v) is 1.85. The van der Waals surface area contributed by atoms with E-state index in [1.807, 2.05) is 24.3 Å². The molecule has 0 aromatic heterocycles. The molecule has 0 unspecified atom stereocenters. The summed E-state index contributed by atoms with van der Waals surface area (Å²) in [7, 11) is 0. The van der Waals surface area contributed by atoms with E-state index in [0.29, 0.717) is 11.5 Å². The minimum Gasteiger partial charge on any atom is -0.256 e. The third-order valence-electron chi connectivity index (χ3n) is 3.16. The second-order valence-electron chi connectivity index (χ2n) is 5.12. The van der Waals surface area contributed by atoms with Crippen LogP contribution in [0.3, 0.4) is 0 Å². The molecule has 0 bridgehead atoms. The molecule has 0 aliphatic rings. The molecule has 4 heteroatoms. The lowest BCUT2D eigenvalue weighted by molar-refractivity contribution is -0.137. The quantitative estimate of drug-likeness (QED) is 0.655. The highest BCUT2D eigenvalue weighted by molar-refractivity contribution is 5.81. The average Bonchev–Trinajstić information content (AvgIpc) is 2.45. The van der Waals surface area contributed by atoms with Crippen molar-refractivity contribution in [1.82, 2.24) is 0 Å². The number of hydrogen-bond donors (Lipinski definition) is 0. The SMILES string of the molecule is CC(C)c1ccc(N=Cc2ccc(C(F)(F)F)cc2)cc1. The Labute approximate surface area is 122 Å². The van der Waals surface area contributed by atoms with Crippen LogP contribution in [0.4, 0.5) is 18.9 Å². The standard InChI is InChI=1S/C17H16F3N/c1-12(2)14-5-9-16(10-6-14)21-11-13-3-7-15(8-4-13)17(18,19)20/h3-12H,1-2H3. The predicted molar refractivity (Wildman–Crippen MR) is 79.2 cm³/mol. The van der Waals surface area contributed by atoms with Gasteiger partial charge in [0.15, 0.2) is 0 Å². The van der Waals surface area contributed by atoms with Crippen molar-refractivity contribution in [3.63, 3.8) is 0 Å². The second-order valence-corrected chi connectivity index (χ2v) is 5.12. The van der Waals surface area contributed by atoms with Gasteiger partial charge in [0.1, 0.15) is 0 Å². The number of hydrogen-bond acceptors (Lipinski definition) is 1. The van der Waals surface area contributed by atoms with E-state index < -0.39 is 11.7 Å². The monoisotopic (exact) mass is 291 g/mol. The summed E-state index contributed by atoms with van der Waals surface area (Å²) in [6.45, 7) is 4.22. The molecule has 0 radical (unpaired) electrons. The van der Waals surface area contributed by atoms with Crippen molar-refractivity contribution in [3.8, 4) is 0 Å². The largest absolute Gasteiger partial charge is 0.416 e. The van der Waals surface area contributed by atoms with E-state index in [-0.39, 0.29) is 0 Å². The van der Waals surface area contributed by atoms with Crippen molar-refractivity contribution >= 4 is 11.9 Å². The normalized spacial score (nSPS) is 12.3. The molecule has 0 saturated carbocycles. The minimum absolute atomic E-state index is 0.456. The molecule has 0 spiro atoms. The van der Waals surface area contributed by atoms with Gasteiger partial charge in [0, 0.05) is 6.21 Å². The first-order valence-corrected chi connectivity index (χ1v) is 6.67. The van der Waals surface area contributed by atoms with Crippen LogP contribution >= 0.6 is 0 Å². The van der Waals surface area contributed by atoms with Gasteiger partial charge in [0.2, 0.25) is 0 Å². The van der Waals surface area contributed by atoms with E-state index in [4.69, 9.17) is 0 Å². The van der Waals surface area contributed by atoms with Crippen LogP contribution in [0.15, 0.2) is 53.5 Å². The smallest absolute Gasteiger partial charge is 0.256 e. The highest BCUT2D eigenvalue weighted by Gasteiger charge is 2.29. The van der Waals surface area contributed by atoms with Crippen LogP contribution in [0, 0.1) is 0 Å². The molecule has 0 amide bonds. The number of benzene rings is 2. The number of aliphatic imine (C=N–C) groups is 1. The number of nitrogens with zero attached hydrogens (tertiary/aromatic N) is 1. The Balaban J connectivity index is 2.10. The topological polar surface area (TPSA) is 12.4 Å². The summed E-state index contributed by atoms with van der Waals surface area (Å²) in [6, 6.07) is 12.7. The number of alkyl halides is 3. The summed E-state index contributed by atoms with van der Waals surface area (Å²) in [4.78, 5) is 4.26. The van der Waals surface area contributed by atoms with Crippen molar-refractivity contribution in [2.24, 2.45) is 4.99 Å². The molecule has 0 N–H and O–H groups in total. The fourth-order valence-electron chi connectivity index (χ4n) is 1.85. The van der Waals surface area contributed by atoms with Crippen LogP contribution in [0.1, 0.15) is 36.5 Å². The number of rotatable bonds is 3. The molecule has 0 heterocycles. The molecule has 0 aliphatic carbocycles. The van der Waals surface area contributed by atoms with Crippen molar-refractivity contribution in [2.75, 3.05) is 0 Å². The maximum atomic E-state index is 12.4. The van der Waals surface area contributed by atoms with Crippen LogP contribution < -0.4 is 0 Å². The maximum absolute atomic E-state index is 12.4. The Morgan fingerprint density at radius 2 is 1.48 bits per heavy atom. The van der Waals surface area contributed by atoms with Gasteiger partial charge >= 0.3 is 6.18 Å². The molecule has 0 saturated heterocycles. The van der Waals surface area contributed by atoms with E-state index in [9.17, 15) is 13.2 Å². The van der Waals surface area contributed by atoms with Gasteiger partial charge < -0.3 is 0 Å². The highest BCUT2D eigenvalue weighted by Crippen LogP contribution is 2.29. The molecule has 0 aliphatic heterocycles. The van der Waals surface area contributed by atoms with E-state index in [0.717, 1.165) is 17.8 Å². The first-order valence-electron chi connectivity index (χ1n) is 6.67. The third-order valence-corrected chi connectivity index (χ3v) is 3.16. The van der Waals surface area contributed by atoms with Gasteiger partial charge in [-0.15, -0.1) is 0 Å². The number of halogens is 3. The zero-order valence-corrected chi connectivity index (χ0v) is 11.9. The lowest BCUT2D eigenvalue weighted by Gasteiger charge is -2.06. The van der Waals surface area contributed by atoms with Crippen molar-refractivity contribution in [2.45, 2.75) is 25.9 Å². The third kappa shape index (κ3) is 4.18. The summed E-state index contributed by atoms with van der Waals surface area (Å²) in [5.41, 5.74) is 1.99. The van der Waals surface area contributed by atoms with E-state index in [1.54, 1.807) is 6.21 Å². The average molecular weight is 291 g/mol. The minimum atomic E-state index is -4.30. The van der Waals surface area contributed by atoms with Crippen LogP contribution in [0.25, 0.3) is 0 Å². The first-order chi connectivity index (χ1) is 9.86. The Morgan fingerprint density at radius 1 is 0.905 bits per heavy atom. The first kappa shape index (κ1) is 15.3. The van der Waals surface area contributed by atoms with Gasteiger partial charge in [0.05, 0.1) is 11.3 Å². The van der Waals surface area contributed by atoms with Crippen LogP contribution in [-0.2, 0) is 6.18 Å². The van der Waals surface area contributed by atoms with Crippen molar-refractivity contribution in [1.29, 1.82) is 0 Å². The maximum Gasteiger partial charge on any atom is 0.416 e. The van der Waals surface area contributed by atoms with Crippen LogP contribution in [0.5, 0.6) is 0 Å². The molecule has 2 aromatic rings. The Kier molecular flexibility index (Phi) is 4.46. The Bertz CT molecular complexity index is 608. The highest BCUT2D eigenvalue weighted by atomic mass is 19.4. The van der Waals surface area contributed by atoms with E-state index in [1.165, 1.54) is 17.7 Å². The summed E-state index contributed by atoms with van der Waals surface area (Å²) in [6.07, 6.45) is -2.74. The summed E-state index contributed by atoms with van der Waals surface area (Å²) in [5.74, 6) is 0.456. The van der Waals surface area contributed by atoms with Gasteiger partial charge in [0.25, 0.3) is 0 Å². The van der Waals surface area contributed by atoms with Gasteiger partial charge in [-0.2, -0.15) is 13.2 Å². The fraction of sp³-hybridized carbons (Fsp3) is 0.235. The molecule has 21 heavy (non-hydrogen) atoms. The zero-order valence-electron chi connectivity index (χ0n) is 11.9. The molecule has 1 nitrogen and oxygen atoms in total.